The number of methoxy groups -OCH3 is 1. The highest BCUT2D eigenvalue weighted by Crippen LogP contribution is 2.28. The summed E-state index contributed by atoms with van der Waals surface area (Å²) in [5.41, 5.74) is 1.27. The van der Waals surface area contributed by atoms with E-state index in [-0.39, 0.29) is 6.61 Å². The second-order valence-corrected chi connectivity index (χ2v) is 4.27. The lowest BCUT2D eigenvalue weighted by Crippen LogP contribution is -2.10. The average Bonchev–Trinajstić information content (AvgIpc) is 2.53. The van der Waals surface area contributed by atoms with Crippen LogP contribution in [0.4, 0.5) is 0 Å². The van der Waals surface area contributed by atoms with E-state index in [1.54, 1.807) is 18.2 Å². The van der Waals surface area contributed by atoms with Crippen molar-refractivity contribution < 1.29 is 19.4 Å². The zero-order valence-corrected chi connectivity index (χ0v) is 11.2. The van der Waals surface area contributed by atoms with Crippen LogP contribution in [0.25, 0.3) is 0 Å². The first-order chi connectivity index (χ1) is 9.74. The van der Waals surface area contributed by atoms with E-state index in [1.165, 1.54) is 7.11 Å². The normalized spacial score (nSPS) is 11.7. The largest absolute Gasteiger partial charge is 0.493 e. The van der Waals surface area contributed by atoms with Gasteiger partial charge in [-0.1, -0.05) is 30.3 Å². The third kappa shape index (κ3) is 3.36. The van der Waals surface area contributed by atoms with E-state index in [0.717, 1.165) is 11.8 Å². The van der Waals surface area contributed by atoms with Gasteiger partial charge in [-0.3, -0.25) is 4.79 Å². The molecule has 0 radical (unpaired) electrons. The fourth-order valence-corrected chi connectivity index (χ4v) is 1.82. The molecule has 0 heterocycles. The molecule has 2 aromatic rings. The van der Waals surface area contributed by atoms with Crippen molar-refractivity contribution in [2.24, 2.45) is 0 Å². The summed E-state index contributed by atoms with van der Waals surface area (Å²) in [6.45, 7) is 0.0860. The van der Waals surface area contributed by atoms with Crippen LogP contribution in [0.1, 0.15) is 22.0 Å². The average molecular weight is 272 g/mol. The number of ether oxygens (including phenoxy) is 2. The summed E-state index contributed by atoms with van der Waals surface area (Å²) in [6, 6.07) is 14.1. The molecule has 104 valence electrons. The number of aldehydes is 1. The zero-order chi connectivity index (χ0) is 14.4. The first-order valence-corrected chi connectivity index (χ1v) is 6.23. The van der Waals surface area contributed by atoms with Gasteiger partial charge in [-0.15, -0.1) is 0 Å². The van der Waals surface area contributed by atoms with Gasteiger partial charge in [-0.25, -0.2) is 0 Å². The highest BCUT2D eigenvalue weighted by Gasteiger charge is 2.11. The second-order valence-electron chi connectivity index (χ2n) is 4.27. The fraction of sp³-hybridized carbons (Fsp3) is 0.188. The molecule has 4 nitrogen and oxygen atoms in total. The Morgan fingerprint density at radius 3 is 2.55 bits per heavy atom. The molecule has 0 bridgehead atoms. The molecule has 2 aromatic carbocycles. The van der Waals surface area contributed by atoms with Crippen LogP contribution in [0, 0.1) is 0 Å². The van der Waals surface area contributed by atoms with Crippen LogP contribution in [-0.4, -0.2) is 25.1 Å². The van der Waals surface area contributed by atoms with Crippen molar-refractivity contribution in [3.8, 4) is 11.5 Å². The highest BCUT2D eigenvalue weighted by atomic mass is 16.5. The summed E-state index contributed by atoms with van der Waals surface area (Å²) in [5.74, 6) is 0.961. The third-order valence-electron chi connectivity index (χ3n) is 2.90. The number of hydrogen-bond acceptors (Lipinski definition) is 4. The summed E-state index contributed by atoms with van der Waals surface area (Å²) < 4.78 is 10.7. The number of carbonyl (C=O) groups excluding carboxylic acids is 1. The maximum Gasteiger partial charge on any atom is 0.162 e. The van der Waals surface area contributed by atoms with Gasteiger partial charge < -0.3 is 14.6 Å². The van der Waals surface area contributed by atoms with Gasteiger partial charge in [-0.2, -0.15) is 0 Å². The molecule has 1 atom stereocenters. The van der Waals surface area contributed by atoms with Crippen molar-refractivity contribution in [1.29, 1.82) is 0 Å². The molecule has 0 fully saturated rings. The van der Waals surface area contributed by atoms with Crippen LogP contribution >= 0.6 is 0 Å². The van der Waals surface area contributed by atoms with Gasteiger partial charge in [0.25, 0.3) is 0 Å². The number of rotatable bonds is 6. The lowest BCUT2D eigenvalue weighted by Gasteiger charge is -2.15. The smallest absolute Gasteiger partial charge is 0.162 e. The van der Waals surface area contributed by atoms with Gasteiger partial charge in [0.1, 0.15) is 19.0 Å². The van der Waals surface area contributed by atoms with Gasteiger partial charge in [0.15, 0.2) is 11.5 Å². The Labute approximate surface area is 117 Å². The predicted molar refractivity (Wildman–Crippen MR) is 75.3 cm³/mol. The third-order valence-corrected chi connectivity index (χ3v) is 2.90. The standard InChI is InChI=1S/C16H16O4/c1-19-15-8-7-12(10-17)9-16(15)20-11-14(18)13-5-3-2-4-6-13/h2-10,14,18H,11H2,1H3. The number of hydrogen-bond donors (Lipinski definition) is 1. The van der Waals surface area contributed by atoms with Gasteiger partial charge in [0, 0.05) is 5.56 Å². The zero-order valence-electron chi connectivity index (χ0n) is 11.2. The lowest BCUT2D eigenvalue weighted by atomic mass is 10.1. The van der Waals surface area contributed by atoms with Crippen molar-refractivity contribution in [2.75, 3.05) is 13.7 Å². The minimum atomic E-state index is -0.735. The predicted octanol–water partition coefficient (Wildman–Crippen LogP) is 2.62. The van der Waals surface area contributed by atoms with Crippen molar-refractivity contribution in [1.82, 2.24) is 0 Å². The minimum absolute atomic E-state index is 0.0860. The van der Waals surface area contributed by atoms with E-state index in [4.69, 9.17) is 9.47 Å². The molecule has 1 N–H and O–H groups in total. The van der Waals surface area contributed by atoms with Crippen LogP contribution in [-0.2, 0) is 0 Å². The van der Waals surface area contributed by atoms with Gasteiger partial charge in [0.2, 0.25) is 0 Å². The van der Waals surface area contributed by atoms with E-state index in [9.17, 15) is 9.90 Å². The molecule has 0 aliphatic rings. The molecule has 0 spiro atoms. The Morgan fingerprint density at radius 2 is 1.90 bits per heavy atom. The molecule has 0 aromatic heterocycles. The first-order valence-electron chi connectivity index (χ1n) is 6.23. The maximum absolute atomic E-state index is 10.8. The monoisotopic (exact) mass is 272 g/mol. The Morgan fingerprint density at radius 1 is 1.15 bits per heavy atom. The molecule has 0 aliphatic carbocycles. The van der Waals surface area contributed by atoms with Gasteiger partial charge in [-0.05, 0) is 23.8 Å². The summed E-state index contributed by atoms with van der Waals surface area (Å²) in [4.78, 5) is 10.8. The molecule has 1 unspecified atom stereocenters. The maximum atomic E-state index is 10.8. The van der Waals surface area contributed by atoms with E-state index >= 15 is 0 Å². The van der Waals surface area contributed by atoms with Gasteiger partial charge in [0.05, 0.1) is 7.11 Å². The Bertz CT molecular complexity index is 566. The van der Waals surface area contributed by atoms with E-state index in [1.807, 2.05) is 30.3 Å². The second kappa shape index (κ2) is 6.73. The number of carbonyl (C=O) groups is 1. The van der Waals surface area contributed by atoms with E-state index in [2.05, 4.69) is 0 Å². The molecule has 4 heteroatoms. The molecule has 0 saturated heterocycles. The molecule has 0 amide bonds. The van der Waals surface area contributed by atoms with Crippen LogP contribution < -0.4 is 9.47 Å². The topological polar surface area (TPSA) is 55.8 Å². The van der Waals surface area contributed by atoms with Crippen LogP contribution in [0.3, 0.4) is 0 Å². The fourth-order valence-electron chi connectivity index (χ4n) is 1.82. The van der Waals surface area contributed by atoms with Crippen molar-refractivity contribution in [2.45, 2.75) is 6.10 Å². The summed E-state index contributed by atoms with van der Waals surface area (Å²) >= 11 is 0. The quantitative estimate of drug-likeness (QED) is 0.821. The molecule has 0 saturated carbocycles. The number of aliphatic hydroxyl groups excluding tert-OH is 1. The Balaban J connectivity index is 2.08. The number of aliphatic hydroxyl groups is 1. The number of benzene rings is 2. The molecule has 0 aliphatic heterocycles. The van der Waals surface area contributed by atoms with Crippen LogP contribution in [0.15, 0.2) is 48.5 Å². The first kappa shape index (κ1) is 14.1. The molecule has 20 heavy (non-hydrogen) atoms. The van der Waals surface area contributed by atoms with Gasteiger partial charge >= 0.3 is 0 Å². The summed E-state index contributed by atoms with van der Waals surface area (Å²) in [6.07, 6.45) is 0.000659. The van der Waals surface area contributed by atoms with Crippen molar-refractivity contribution in [3.63, 3.8) is 0 Å². The van der Waals surface area contributed by atoms with Crippen molar-refractivity contribution in [3.05, 3.63) is 59.7 Å². The molecule has 2 rings (SSSR count). The molecular weight excluding hydrogens is 256 g/mol. The summed E-state index contributed by atoms with van der Waals surface area (Å²) in [5, 5.41) is 10.0. The van der Waals surface area contributed by atoms with Crippen LogP contribution in [0.2, 0.25) is 0 Å². The SMILES string of the molecule is COc1ccc(C=O)cc1OCC(O)c1ccccc1. The Kier molecular flexibility index (Phi) is 4.74. The van der Waals surface area contributed by atoms with E-state index in [0.29, 0.717) is 17.1 Å². The van der Waals surface area contributed by atoms with Crippen molar-refractivity contribution >= 4 is 6.29 Å². The molecular formula is C16H16O4. The summed E-state index contributed by atoms with van der Waals surface area (Å²) in [7, 11) is 1.52. The van der Waals surface area contributed by atoms with E-state index < -0.39 is 6.10 Å². The minimum Gasteiger partial charge on any atom is -0.493 e. The lowest BCUT2D eigenvalue weighted by molar-refractivity contribution is 0.106. The van der Waals surface area contributed by atoms with Crippen LogP contribution in [0.5, 0.6) is 11.5 Å². The highest BCUT2D eigenvalue weighted by molar-refractivity contribution is 5.76. The Hall–Kier alpha value is -2.33.